The quantitative estimate of drug-likeness (QED) is 0.148. The van der Waals surface area contributed by atoms with Gasteiger partial charge >= 0.3 is 0 Å². The van der Waals surface area contributed by atoms with Gasteiger partial charge in [0.2, 0.25) is 11.8 Å². The Hall–Kier alpha value is -4.93. The molecule has 1 aliphatic rings. The largest absolute Gasteiger partial charge is 0.384 e. The molecule has 0 bridgehead atoms. The van der Waals surface area contributed by atoms with E-state index in [1.807, 2.05) is 35.2 Å². The predicted octanol–water partition coefficient (Wildman–Crippen LogP) is 2.50. The van der Waals surface area contributed by atoms with Gasteiger partial charge < -0.3 is 26.2 Å². The van der Waals surface area contributed by atoms with Crippen molar-refractivity contribution in [1.82, 2.24) is 10.2 Å². The highest BCUT2D eigenvalue weighted by molar-refractivity contribution is 5.96. The molecule has 0 saturated carbocycles. The molecule has 1 aliphatic heterocycles. The van der Waals surface area contributed by atoms with E-state index in [0.29, 0.717) is 48.7 Å². The lowest BCUT2D eigenvalue weighted by molar-refractivity contribution is -0.384. The number of rotatable bonds is 9. The first kappa shape index (κ1) is 26.1. The average molecular weight is 516 g/mol. The number of carbonyl (C=O) groups is 2. The average Bonchev–Trinajstić information content (AvgIpc) is 2.95. The number of para-hydroxylation sites is 2. The van der Waals surface area contributed by atoms with Crippen molar-refractivity contribution in [2.24, 2.45) is 5.73 Å². The monoisotopic (exact) mass is 515 g/mol. The van der Waals surface area contributed by atoms with Crippen molar-refractivity contribution >= 4 is 34.7 Å². The summed E-state index contributed by atoms with van der Waals surface area (Å²) in [7, 11) is 0. The third-order valence-electron chi connectivity index (χ3n) is 6.35. The number of benzene rings is 3. The lowest BCUT2D eigenvalue weighted by Gasteiger charge is -2.36. The molecule has 0 aliphatic carbocycles. The molecule has 196 valence electrons. The normalized spacial score (nSPS) is 13.9. The molecule has 0 spiro atoms. The Labute approximate surface area is 219 Å². The van der Waals surface area contributed by atoms with Crippen molar-refractivity contribution < 1.29 is 14.5 Å². The van der Waals surface area contributed by atoms with Gasteiger partial charge in [0.1, 0.15) is 17.6 Å². The summed E-state index contributed by atoms with van der Waals surface area (Å²) in [6.07, 6.45) is 0. The van der Waals surface area contributed by atoms with Crippen LogP contribution in [-0.2, 0) is 9.59 Å². The summed E-state index contributed by atoms with van der Waals surface area (Å²) in [5, 5.41) is 24.9. The molecule has 4 rings (SSSR count). The lowest BCUT2D eigenvalue weighted by Crippen LogP contribution is -2.51. The van der Waals surface area contributed by atoms with Crippen LogP contribution in [0.25, 0.3) is 0 Å². The summed E-state index contributed by atoms with van der Waals surface area (Å²) in [4.78, 5) is 40.6. The zero-order chi connectivity index (χ0) is 27.1. The molecule has 11 nitrogen and oxygen atoms in total. The lowest BCUT2D eigenvalue weighted by atomic mass is 10.1. The van der Waals surface area contributed by atoms with E-state index < -0.39 is 11.0 Å². The van der Waals surface area contributed by atoms with Crippen molar-refractivity contribution in [2.45, 2.75) is 6.04 Å². The number of nitrogens with one attached hydrogen (secondary N) is 3. The summed E-state index contributed by atoms with van der Waals surface area (Å²) in [5.41, 5.74) is 8.01. The van der Waals surface area contributed by atoms with Crippen LogP contribution >= 0.6 is 0 Å². The maximum Gasteiger partial charge on any atom is 0.292 e. The summed E-state index contributed by atoms with van der Waals surface area (Å²) >= 11 is 0. The maximum atomic E-state index is 13.2. The number of nitrogens with two attached hydrogens (primary N) is 1. The Balaban J connectivity index is 1.37. The van der Waals surface area contributed by atoms with E-state index in [-0.39, 0.29) is 29.9 Å². The number of piperazine rings is 1. The molecule has 1 heterocycles. The second-order valence-electron chi connectivity index (χ2n) is 8.81. The number of amidine groups is 1. The fourth-order valence-electron chi connectivity index (χ4n) is 4.35. The molecule has 1 saturated heterocycles. The molecule has 5 N–H and O–H groups in total. The van der Waals surface area contributed by atoms with E-state index >= 15 is 0 Å². The van der Waals surface area contributed by atoms with E-state index in [0.717, 1.165) is 0 Å². The van der Waals surface area contributed by atoms with E-state index in [4.69, 9.17) is 11.1 Å². The van der Waals surface area contributed by atoms with Gasteiger partial charge in [0, 0.05) is 43.5 Å². The summed E-state index contributed by atoms with van der Waals surface area (Å²) in [6.45, 7) is 1.50. The van der Waals surface area contributed by atoms with Crippen LogP contribution in [0, 0.1) is 15.5 Å². The molecule has 2 amide bonds. The van der Waals surface area contributed by atoms with Crippen molar-refractivity contribution in [2.75, 3.05) is 42.9 Å². The molecule has 0 aromatic heterocycles. The van der Waals surface area contributed by atoms with Gasteiger partial charge in [-0.2, -0.15) is 0 Å². The van der Waals surface area contributed by atoms with Crippen molar-refractivity contribution in [3.05, 3.63) is 100 Å². The van der Waals surface area contributed by atoms with Gasteiger partial charge in [0.05, 0.1) is 11.5 Å². The molecule has 3 aromatic rings. The highest BCUT2D eigenvalue weighted by Gasteiger charge is 2.27. The van der Waals surface area contributed by atoms with E-state index in [2.05, 4.69) is 10.6 Å². The highest BCUT2D eigenvalue weighted by atomic mass is 16.6. The Morgan fingerprint density at radius 1 is 0.974 bits per heavy atom. The second-order valence-corrected chi connectivity index (χ2v) is 8.81. The number of hydrogen-bond acceptors (Lipinski definition) is 7. The molecular weight excluding hydrogens is 486 g/mol. The topological polar surface area (TPSA) is 158 Å². The molecule has 3 aromatic carbocycles. The Morgan fingerprint density at radius 3 is 2.34 bits per heavy atom. The molecule has 1 unspecified atom stereocenters. The SMILES string of the molecule is N=C(N)c1cccc(NC(C(=O)NCC(=O)N2CCN(c3ccccc3[N+](=O)[O-])CC2)c2ccccc2)c1. The summed E-state index contributed by atoms with van der Waals surface area (Å²) in [6, 6.07) is 21.8. The Bertz CT molecular complexity index is 1320. The minimum atomic E-state index is -0.776. The number of nitrogens with zero attached hydrogens (tertiary/aromatic N) is 3. The van der Waals surface area contributed by atoms with Crippen LogP contribution in [0.3, 0.4) is 0 Å². The van der Waals surface area contributed by atoms with E-state index in [9.17, 15) is 19.7 Å². The Kier molecular flexibility index (Phi) is 8.17. The zero-order valence-electron chi connectivity index (χ0n) is 20.7. The fourth-order valence-corrected chi connectivity index (χ4v) is 4.35. The molecular formula is C27H29N7O4. The van der Waals surface area contributed by atoms with Crippen LogP contribution in [0.2, 0.25) is 0 Å². The van der Waals surface area contributed by atoms with E-state index in [1.165, 1.54) is 6.07 Å². The Morgan fingerprint density at radius 2 is 1.66 bits per heavy atom. The van der Waals surface area contributed by atoms with Crippen molar-refractivity contribution in [1.29, 1.82) is 5.41 Å². The first-order valence-electron chi connectivity index (χ1n) is 12.1. The van der Waals surface area contributed by atoms with Gasteiger partial charge in [-0.15, -0.1) is 0 Å². The van der Waals surface area contributed by atoms with Gasteiger partial charge in [0.25, 0.3) is 5.69 Å². The van der Waals surface area contributed by atoms with Crippen LogP contribution in [0.15, 0.2) is 78.9 Å². The van der Waals surface area contributed by atoms with Crippen LogP contribution in [0.1, 0.15) is 17.2 Å². The standard InChI is InChI=1S/C27H29N7O4/c28-26(29)20-9-6-10-21(17-20)31-25(19-7-2-1-3-8-19)27(36)30-18-24(35)33-15-13-32(14-16-33)22-11-4-5-12-23(22)34(37)38/h1-12,17,25,31H,13-16,18H2,(H3,28,29)(H,30,36). The number of carbonyl (C=O) groups excluding carboxylic acids is 2. The van der Waals surface area contributed by atoms with Gasteiger partial charge in [-0.25, -0.2) is 0 Å². The van der Waals surface area contributed by atoms with E-state index in [1.54, 1.807) is 47.4 Å². The number of nitro groups is 1. The predicted molar refractivity (Wildman–Crippen MR) is 145 cm³/mol. The molecule has 11 heteroatoms. The number of amides is 2. The highest BCUT2D eigenvalue weighted by Crippen LogP contribution is 2.28. The van der Waals surface area contributed by atoms with Gasteiger partial charge in [-0.1, -0.05) is 54.6 Å². The zero-order valence-corrected chi connectivity index (χ0v) is 20.7. The van der Waals surface area contributed by atoms with Crippen molar-refractivity contribution in [3.63, 3.8) is 0 Å². The van der Waals surface area contributed by atoms with Gasteiger partial charge in [-0.05, 0) is 23.8 Å². The number of hydrogen-bond donors (Lipinski definition) is 4. The van der Waals surface area contributed by atoms with Crippen LogP contribution in [-0.4, -0.2) is 60.2 Å². The van der Waals surface area contributed by atoms with Gasteiger partial charge in [-0.3, -0.25) is 25.1 Å². The van der Waals surface area contributed by atoms with Crippen LogP contribution in [0.4, 0.5) is 17.1 Å². The third-order valence-corrected chi connectivity index (χ3v) is 6.35. The molecule has 1 fully saturated rings. The minimum absolute atomic E-state index is 0.0350. The summed E-state index contributed by atoms with van der Waals surface area (Å²) in [5.74, 6) is -0.691. The van der Waals surface area contributed by atoms with Crippen LogP contribution in [0.5, 0.6) is 0 Å². The number of nitro benzene ring substituents is 1. The third kappa shape index (κ3) is 6.25. The smallest absolute Gasteiger partial charge is 0.292 e. The maximum absolute atomic E-state index is 13.2. The number of nitrogen functional groups attached to an aromatic ring is 1. The molecule has 1 atom stereocenters. The first-order valence-corrected chi connectivity index (χ1v) is 12.1. The number of anilines is 2. The first-order chi connectivity index (χ1) is 18.3. The van der Waals surface area contributed by atoms with Crippen molar-refractivity contribution in [3.8, 4) is 0 Å². The van der Waals surface area contributed by atoms with Crippen LogP contribution < -0.4 is 21.3 Å². The fraction of sp³-hybridized carbons (Fsp3) is 0.222. The van der Waals surface area contributed by atoms with Gasteiger partial charge in [0.15, 0.2) is 0 Å². The summed E-state index contributed by atoms with van der Waals surface area (Å²) < 4.78 is 0. The second kappa shape index (κ2) is 11.9. The molecule has 0 radical (unpaired) electrons. The minimum Gasteiger partial charge on any atom is -0.384 e. The molecule has 38 heavy (non-hydrogen) atoms.